The number of carbonyl (C=O) groups excluding carboxylic acids is 1. The van der Waals surface area contributed by atoms with Crippen molar-refractivity contribution in [1.82, 2.24) is 20.0 Å². The average Bonchev–Trinajstić information content (AvgIpc) is 3.18. The SMILES string of the molecule is COc1ccc2c(c1)S(=O)(=O)Cc1c(C(=O)N3CCOCC3)nn([C@H]3CCCNC3)c1-2. The summed E-state index contributed by atoms with van der Waals surface area (Å²) in [7, 11) is -2.12. The lowest BCUT2D eigenvalue weighted by molar-refractivity contribution is 0.0297. The number of hydrogen-bond donors (Lipinski definition) is 1. The van der Waals surface area contributed by atoms with Gasteiger partial charge in [0.05, 0.1) is 42.7 Å². The molecule has 10 heteroatoms. The topological polar surface area (TPSA) is 103 Å². The number of carbonyl (C=O) groups is 1. The first-order valence-corrected chi connectivity index (χ1v) is 12.2. The summed E-state index contributed by atoms with van der Waals surface area (Å²) in [6.45, 7) is 3.58. The molecule has 5 rings (SSSR count). The Kier molecular flexibility index (Phi) is 5.23. The Labute approximate surface area is 181 Å². The molecule has 2 saturated heterocycles. The molecule has 1 aromatic carbocycles. The van der Waals surface area contributed by atoms with Crippen LogP contribution in [0.3, 0.4) is 0 Å². The van der Waals surface area contributed by atoms with E-state index in [1.807, 2.05) is 4.68 Å². The smallest absolute Gasteiger partial charge is 0.274 e. The fourth-order valence-corrected chi connectivity index (χ4v) is 6.24. The fraction of sp³-hybridized carbons (Fsp3) is 0.524. The van der Waals surface area contributed by atoms with Crippen LogP contribution in [0.1, 0.15) is 34.9 Å². The van der Waals surface area contributed by atoms with Crippen LogP contribution in [-0.2, 0) is 20.3 Å². The predicted octanol–water partition coefficient (Wildman–Crippen LogP) is 1.24. The molecule has 31 heavy (non-hydrogen) atoms. The maximum Gasteiger partial charge on any atom is 0.274 e. The summed E-state index contributed by atoms with van der Waals surface area (Å²) in [5.74, 6) is 0.0173. The van der Waals surface area contributed by atoms with Crippen LogP contribution in [-0.4, -0.2) is 75.5 Å². The maximum absolute atomic E-state index is 13.4. The van der Waals surface area contributed by atoms with Gasteiger partial charge in [-0.05, 0) is 37.6 Å². The number of benzene rings is 1. The van der Waals surface area contributed by atoms with Gasteiger partial charge in [-0.25, -0.2) is 8.42 Å². The van der Waals surface area contributed by atoms with Crippen LogP contribution in [0.25, 0.3) is 11.3 Å². The van der Waals surface area contributed by atoms with Crippen molar-refractivity contribution in [2.75, 3.05) is 46.5 Å². The zero-order chi connectivity index (χ0) is 21.6. The zero-order valence-corrected chi connectivity index (χ0v) is 18.3. The Morgan fingerprint density at radius 2 is 2.10 bits per heavy atom. The number of nitrogens with zero attached hydrogens (tertiary/aromatic N) is 3. The number of rotatable bonds is 3. The molecule has 2 aromatic rings. The largest absolute Gasteiger partial charge is 0.497 e. The van der Waals surface area contributed by atoms with Crippen LogP contribution >= 0.6 is 0 Å². The molecule has 1 N–H and O–H groups in total. The van der Waals surface area contributed by atoms with Crippen LogP contribution in [0.4, 0.5) is 0 Å². The molecule has 1 atom stereocenters. The first kappa shape index (κ1) is 20.5. The lowest BCUT2D eigenvalue weighted by Gasteiger charge is -2.27. The van der Waals surface area contributed by atoms with Gasteiger partial charge < -0.3 is 19.7 Å². The van der Waals surface area contributed by atoms with Crippen molar-refractivity contribution in [3.05, 3.63) is 29.5 Å². The number of aromatic nitrogens is 2. The fourth-order valence-electron chi connectivity index (χ4n) is 4.64. The lowest BCUT2D eigenvalue weighted by atomic mass is 10.0. The first-order chi connectivity index (χ1) is 15.0. The molecule has 4 heterocycles. The van der Waals surface area contributed by atoms with E-state index in [1.54, 1.807) is 23.1 Å². The van der Waals surface area contributed by atoms with E-state index in [0.717, 1.165) is 31.6 Å². The van der Waals surface area contributed by atoms with Gasteiger partial charge in [-0.1, -0.05) is 0 Å². The molecule has 0 aliphatic carbocycles. The third kappa shape index (κ3) is 3.52. The van der Waals surface area contributed by atoms with Crippen LogP contribution < -0.4 is 10.1 Å². The number of sulfone groups is 1. The minimum Gasteiger partial charge on any atom is -0.497 e. The molecule has 9 nitrogen and oxygen atoms in total. The highest BCUT2D eigenvalue weighted by atomic mass is 32.2. The number of methoxy groups -OCH3 is 1. The summed E-state index contributed by atoms with van der Waals surface area (Å²) in [5, 5.41) is 8.14. The van der Waals surface area contributed by atoms with Gasteiger partial charge in [-0.15, -0.1) is 0 Å². The third-order valence-corrected chi connectivity index (χ3v) is 7.92. The van der Waals surface area contributed by atoms with Gasteiger partial charge in [0.15, 0.2) is 15.5 Å². The third-order valence-electron chi connectivity index (χ3n) is 6.24. The van der Waals surface area contributed by atoms with Crippen molar-refractivity contribution in [3.8, 4) is 17.0 Å². The molecule has 0 spiro atoms. The molecular weight excluding hydrogens is 420 g/mol. The second-order valence-electron chi connectivity index (χ2n) is 8.15. The quantitative estimate of drug-likeness (QED) is 0.757. The van der Waals surface area contributed by atoms with Crippen LogP contribution in [0.2, 0.25) is 0 Å². The highest BCUT2D eigenvalue weighted by Gasteiger charge is 2.38. The van der Waals surface area contributed by atoms with Crippen molar-refractivity contribution < 1.29 is 22.7 Å². The molecule has 1 amide bonds. The summed E-state index contributed by atoms with van der Waals surface area (Å²) in [4.78, 5) is 15.3. The van der Waals surface area contributed by atoms with Crippen molar-refractivity contribution in [1.29, 1.82) is 0 Å². The number of fused-ring (bicyclic) bond motifs is 3. The first-order valence-electron chi connectivity index (χ1n) is 10.6. The van der Waals surface area contributed by atoms with Crippen LogP contribution in [0.15, 0.2) is 23.1 Å². The summed E-state index contributed by atoms with van der Waals surface area (Å²) in [5.41, 5.74) is 2.06. The van der Waals surface area contributed by atoms with E-state index in [0.29, 0.717) is 43.2 Å². The number of morpholine rings is 1. The van der Waals surface area contributed by atoms with Gasteiger partial charge in [0.2, 0.25) is 0 Å². The Morgan fingerprint density at radius 3 is 2.81 bits per heavy atom. The molecule has 0 bridgehead atoms. The van der Waals surface area contributed by atoms with Gasteiger partial charge in [-0.3, -0.25) is 9.48 Å². The van der Waals surface area contributed by atoms with E-state index in [2.05, 4.69) is 5.32 Å². The van der Waals surface area contributed by atoms with E-state index in [9.17, 15) is 13.2 Å². The monoisotopic (exact) mass is 446 g/mol. The number of piperidine rings is 1. The van der Waals surface area contributed by atoms with Crippen molar-refractivity contribution in [3.63, 3.8) is 0 Å². The summed E-state index contributed by atoms with van der Waals surface area (Å²) in [6.07, 6.45) is 1.92. The number of amides is 1. The molecule has 1 aromatic heterocycles. The molecule has 0 saturated carbocycles. The average molecular weight is 447 g/mol. The van der Waals surface area contributed by atoms with E-state index in [4.69, 9.17) is 14.6 Å². The van der Waals surface area contributed by atoms with Gasteiger partial charge >= 0.3 is 0 Å². The van der Waals surface area contributed by atoms with Gasteiger partial charge in [0, 0.05) is 30.8 Å². The van der Waals surface area contributed by atoms with Crippen molar-refractivity contribution in [2.45, 2.75) is 29.5 Å². The molecule has 3 aliphatic rings. The number of ether oxygens (including phenoxy) is 2. The second-order valence-corrected chi connectivity index (χ2v) is 10.1. The van der Waals surface area contributed by atoms with Gasteiger partial charge in [-0.2, -0.15) is 5.10 Å². The molecule has 2 fully saturated rings. The van der Waals surface area contributed by atoms with Gasteiger partial charge in [0.25, 0.3) is 5.91 Å². The van der Waals surface area contributed by atoms with Crippen LogP contribution in [0.5, 0.6) is 5.75 Å². The number of hydrogen-bond acceptors (Lipinski definition) is 7. The van der Waals surface area contributed by atoms with E-state index in [1.165, 1.54) is 7.11 Å². The Morgan fingerprint density at radius 1 is 1.29 bits per heavy atom. The van der Waals surface area contributed by atoms with E-state index in [-0.39, 0.29) is 28.3 Å². The number of nitrogens with one attached hydrogen (secondary N) is 1. The molecule has 0 unspecified atom stereocenters. The molecule has 3 aliphatic heterocycles. The van der Waals surface area contributed by atoms with Crippen molar-refractivity contribution >= 4 is 15.7 Å². The van der Waals surface area contributed by atoms with Crippen molar-refractivity contribution in [2.24, 2.45) is 0 Å². The van der Waals surface area contributed by atoms with Gasteiger partial charge in [0.1, 0.15) is 5.75 Å². The van der Waals surface area contributed by atoms with Crippen LogP contribution in [0, 0.1) is 0 Å². The Hall–Kier alpha value is -2.43. The highest BCUT2D eigenvalue weighted by Crippen LogP contribution is 2.42. The van der Waals surface area contributed by atoms with E-state index >= 15 is 0 Å². The highest BCUT2D eigenvalue weighted by molar-refractivity contribution is 7.90. The summed E-state index contributed by atoms with van der Waals surface area (Å²) in [6, 6.07) is 5.14. The van der Waals surface area contributed by atoms with E-state index < -0.39 is 9.84 Å². The molecule has 0 radical (unpaired) electrons. The summed E-state index contributed by atoms with van der Waals surface area (Å²) < 4.78 is 38.9. The normalized spacial score (nSPS) is 22.5. The standard InChI is InChI=1S/C21H26N4O5S/c1-29-15-4-5-16-18(11-15)31(27,28)13-17-19(21(26)24-7-9-30-10-8-24)23-25(20(16)17)14-3-2-6-22-12-14/h4-5,11,14,22H,2-3,6-10,12-13H2,1H3/t14-/m0/s1. The zero-order valence-electron chi connectivity index (χ0n) is 17.5. The Balaban J connectivity index is 1.69. The second kappa shape index (κ2) is 7.92. The minimum atomic E-state index is -3.64. The Bertz CT molecular complexity index is 1120. The maximum atomic E-state index is 13.4. The predicted molar refractivity (Wildman–Crippen MR) is 113 cm³/mol. The molecular formula is C21H26N4O5S. The minimum absolute atomic E-state index is 0.0597. The summed E-state index contributed by atoms with van der Waals surface area (Å²) >= 11 is 0. The lowest BCUT2D eigenvalue weighted by Crippen LogP contribution is -2.41. The molecule has 166 valence electrons.